The van der Waals surface area contributed by atoms with Gasteiger partial charge in [0.2, 0.25) is 0 Å². The molecule has 0 spiro atoms. The van der Waals surface area contributed by atoms with E-state index in [1.807, 2.05) is 13.8 Å². The van der Waals surface area contributed by atoms with Crippen molar-refractivity contribution in [2.24, 2.45) is 0 Å². The van der Waals surface area contributed by atoms with Crippen LogP contribution in [0.4, 0.5) is 5.69 Å². The standard InChI is InChI=1S/C15H20N2O6/c1-9-7-16(8-10(2)23-9)15(18)11-5-13(21-3)14(22-4)6-12(11)17(19)20/h5-6,9-10H,7-8H2,1-4H3/t9-,10-/m0/s1. The van der Waals surface area contributed by atoms with Crippen molar-refractivity contribution >= 4 is 11.6 Å². The Kier molecular flexibility index (Phi) is 5.05. The fourth-order valence-electron chi connectivity index (χ4n) is 2.70. The summed E-state index contributed by atoms with van der Waals surface area (Å²) in [6, 6.07) is 2.56. The first kappa shape index (κ1) is 17.0. The Morgan fingerprint density at radius 2 is 1.74 bits per heavy atom. The molecule has 1 aromatic rings. The van der Waals surface area contributed by atoms with Crippen LogP contribution in [0.3, 0.4) is 0 Å². The lowest BCUT2D eigenvalue weighted by atomic mass is 10.1. The Morgan fingerprint density at radius 3 is 2.22 bits per heavy atom. The molecule has 1 aliphatic rings. The number of hydrogen-bond acceptors (Lipinski definition) is 6. The summed E-state index contributed by atoms with van der Waals surface area (Å²) in [6.45, 7) is 4.49. The van der Waals surface area contributed by atoms with Gasteiger partial charge in [-0.2, -0.15) is 0 Å². The minimum Gasteiger partial charge on any atom is -0.493 e. The quantitative estimate of drug-likeness (QED) is 0.620. The second kappa shape index (κ2) is 6.82. The van der Waals surface area contributed by atoms with Gasteiger partial charge >= 0.3 is 0 Å². The number of ether oxygens (including phenoxy) is 3. The summed E-state index contributed by atoms with van der Waals surface area (Å²) in [6.07, 6.45) is -0.246. The lowest BCUT2D eigenvalue weighted by Crippen LogP contribution is -2.48. The van der Waals surface area contributed by atoms with Gasteiger partial charge in [0, 0.05) is 19.2 Å². The number of morpholine rings is 1. The topological polar surface area (TPSA) is 91.1 Å². The predicted molar refractivity (Wildman–Crippen MR) is 82.1 cm³/mol. The van der Waals surface area contributed by atoms with Gasteiger partial charge in [-0.05, 0) is 13.8 Å². The van der Waals surface area contributed by atoms with Crippen LogP contribution in [-0.4, -0.2) is 55.2 Å². The highest BCUT2D eigenvalue weighted by Crippen LogP contribution is 2.35. The molecular weight excluding hydrogens is 304 g/mol. The summed E-state index contributed by atoms with van der Waals surface area (Å²) in [5.41, 5.74) is -0.326. The largest absolute Gasteiger partial charge is 0.493 e. The van der Waals surface area contributed by atoms with Crippen LogP contribution in [-0.2, 0) is 4.74 Å². The van der Waals surface area contributed by atoms with E-state index in [9.17, 15) is 14.9 Å². The lowest BCUT2D eigenvalue weighted by Gasteiger charge is -2.35. The molecule has 23 heavy (non-hydrogen) atoms. The predicted octanol–water partition coefficient (Wildman–Crippen LogP) is 1.86. The molecule has 0 N–H and O–H groups in total. The molecule has 2 rings (SSSR count). The van der Waals surface area contributed by atoms with E-state index in [1.165, 1.54) is 26.4 Å². The summed E-state index contributed by atoms with van der Waals surface area (Å²) >= 11 is 0. The van der Waals surface area contributed by atoms with E-state index < -0.39 is 10.8 Å². The van der Waals surface area contributed by atoms with Crippen LogP contribution in [0.1, 0.15) is 24.2 Å². The molecule has 1 aliphatic heterocycles. The maximum absolute atomic E-state index is 12.8. The van der Waals surface area contributed by atoms with E-state index in [4.69, 9.17) is 14.2 Å². The SMILES string of the molecule is COc1cc(C(=O)N2C[C@H](C)O[C@@H](C)C2)c([N+](=O)[O-])cc1OC. The van der Waals surface area contributed by atoms with Crippen LogP contribution in [0.5, 0.6) is 11.5 Å². The second-order valence-electron chi connectivity index (χ2n) is 5.45. The van der Waals surface area contributed by atoms with E-state index in [0.717, 1.165) is 0 Å². The zero-order valence-electron chi connectivity index (χ0n) is 13.6. The smallest absolute Gasteiger partial charge is 0.286 e. The Hall–Kier alpha value is -2.35. The minimum atomic E-state index is -0.595. The molecule has 8 heteroatoms. The Balaban J connectivity index is 2.44. The third kappa shape index (κ3) is 3.53. The molecule has 0 unspecified atom stereocenters. The molecule has 0 aliphatic carbocycles. The third-order valence-electron chi connectivity index (χ3n) is 3.64. The molecule has 1 heterocycles. The van der Waals surface area contributed by atoms with Crippen molar-refractivity contribution in [2.45, 2.75) is 26.1 Å². The van der Waals surface area contributed by atoms with Gasteiger partial charge in [0.05, 0.1) is 37.4 Å². The number of carbonyl (C=O) groups is 1. The summed E-state index contributed by atoms with van der Waals surface area (Å²) in [5.74, 6) is 0.0647. The Bertz CT molecular complexity index is 608. The normalized spacial score (nSPS) is 21.0. The first-order chi connectivity index (χ1) is 10.9. The molecule has 1 amide bonds. The first-order valence-electron chi connectivity index (χ1n) is 7.22. The fourth-order valence-corrected chi connectivity index (χ4v) is 2.70. The van der Waals surface area contributed by atoms with Crippen molar-refractivity contribution in [3.8, 4) is 11.5 Å². The number of hydrogen-bond donors (Lipinski definition) is 0. The molecule has 1 aromatic carbocycles. The van der Waals surface area contributed by atoms with Gasteiger partial charge in [0.25, 0.3) is 11.6 Å². The number of carbonyl (C=O) groups excluding carboxylic acids is 1. The zero-order valence-corrected chi connectivity index (χ0v) is 13.6. The van der Waals surface area contributed by atoms with Gasteiger partial charge in [-0.3, -0.25) is 14.9 Å². The monoisotopic (exact) mass is 324 g/mol. The van der Waals surface area contributed by atoms with Crippen molar-refractivity contribution in [2.75, 3.05) is 27.3 Å². The van der Waals surface area contributed by atoms with Crippen molar-refractivity contribution in [1.82, 2.24) is 4.90 Å². The highest BCUT2D eigenvalue weighted by atomic mass is 16.6. The van der Waals surface area contributed by atoms with Gasteiger partial charge in [-0.25, -0.2) is 0 Å². The number of benzene rings is 1. The zero-order chi connectivity index (χ0) is 17.1. The molecule has 1 fully saturated rings. The third-order valence-corrected chi connectivity index (χ3v) is 3.64. The van der Waals surface area contributed by atoms with E-state index in [0.29, 0.717) is 13.1 Å². The van der Waals surface area contributed by atoms with Crippen LogP contribution in [0.2, 0.25) is 0 Å². The highest BCUT2D eigenvalue weighted by Gasteiger charge is 2.32. The minimum absolute atomic E-state index is 0.0195. The van der Waals surface area contributed by atoms with E-state index in [2.05, 4.69) is 0 Å². The molecule has 0 bridgehead atoms. The number of nitro groups is 1. The average molecular weight is 324 g/mol. The average Bonchev–Trinajstić information content (AvgIpc) is 2.51. The Morgan fingerprint density at radius 1 is 1.22 bits per heavy atom. The number of nitro benzene ring substituents is 1. The van der Waals surface area contributed by atoms with E-state index in [-0.39, 0.29) is 35.0 Å². The molecule has 0 radical (unpaired) electrons. The van der Waals surface area contributed by atoms with Gasteiger partial charge in [-0.15, -0.1) is 0 Å². The van der Waals surface area contributed by atoms with Gasteiger partial charge in [0.1, 0.15) is 5.56 Å². The van der Waals surface area contributed by atoms with Gasteiger partial charge in [-0.1, -0.05) is 0 Å². The molecule has 0 saturated carbocycles. The maximum atomic E-state index is 12.8. The van der Waals surface area contributed by atoms with Crippen LogP contribution < -0.4 is 9.47 Å². The van der Waals surface area contributed by atoms with E-state index in [1.54, 1.807) is 4.90 Å². The lowest BCUT2D eigenvalue weighted by molar-refractivity contribution is -0.385. The van der Waals surface area contributed by atoms with Crippen LogP contribution in [0, 0.1) is 10.1 Å². The molecule has 8 nitrogen and oxygen atoms in total. The molecule has 126 valence electrons. The first-order valence-corrected chi connectivity index (χ1v) is 7.22. The number of nitrogens with zero attached hydrogens (tertiary/aromatic N) is 2. The van der Waals surface area contributed by atoms with Crippen molar-refractivity contribution in [3.05, 3.63) is 27.8 Å². The molecular formula is C15H20N2O6. The number of rotatable bonds is 4. The van der Waals surface area contributed by atoms with Crippen molar-refractivity contribution in [1.29, 1.82) is 0 Å². The highest BCUT2D eigenvalue weighted by molar-refractivity contribution is 5.99. The van der Waals surface area contributed by atoms with E-state index >= 15 is 0 Å². The number of methoxy groups -OCH3 is 2. The van der Waals surface area contributed by atoms with Crippen LogP contribution in [0.25, 0.3) is 0 Å². The van der Waals surface area contributed by atoms with Crippen LogP contribution >= 0.6 is 0 Å². The second-order valence-corrected chi connectivity index (χ2v) is 5.45. The molecule has 1 saturated heterocycles. The molecule has 2 atom stereocenters. The summed E-state index contributed by atoms with van der Waals surface area (Å²) in [4.78, 5) is 25.0. The van der Waals surface area contributed by atoms with Gasteiger partial charge in [0.15, 0.2) is 11.5 Å². The maximum Gasteiger partial charge on any atom is 0.286 e. The summed E-state index contributed by atoms with van der Waals surface area (Å²) < 4.78 is 15.8. The van der Waals surface area contributed by atoms with Crippen molar-refractivity contribution in [3.63, 3.8) is 0 Å². The molecule has 0 aromatic heterocycles. The number of amides is 1. The summed E-state index contributed by atoms with van der Waals surface area (Å²) in [7, 11) is 2.80. The fraction of sp³-hybridized carbons (Fsp3) is 0.533. The van der Waals surface area contributed by atoms with Crippen LogP contribution in [0.15, 0.2) is 12.1 Å². The van der Waals surface area contributed by atoms with Gasteiger partial charge < -0.3 is 19.1 Å². The van der Waals surface area contributed by atoms with Crippen molar-refractivity contribution < 1.29 is 23.9 Å². The summed E-state index contributed by atoms with van der Waals surface area (Å²) in [5, 5.41) is 11.3. The Labute approximate surface area is 134 Å².